The summed E-state index contributed by atoms with van der Waals surface area (Å²) in [5.74, 6) is -0.977. The minimum absolute atomic E-state index is 0.0136. The number of amides is 2. The lowest BCUT2D eigenvalue weighted by Crippen LogP contribution is -2.36. The minimum Gasteiger partial charge on any atom is -0.354 e. The Kier molecular flexibility index (Phi) is 4.95. The number of rotatable bonds is 6. The molecule has 2 N–H and O–H groups in total. The average molecular weight is 237 g/mol. The molecule has 17 heavy (non-hydrogen) atoms. The van der Waals surface area contributed by atoms with Gasteiger partial charge in [-0.15, -0.1) is 0 Å². The van der Waals surface area contributed by atoms with Gasteiger partial charge in [-0.1, -0.05) is 13.8 Å². The molecule has 0 spiro atoms. The van der Waals surface area contributed by atoms with Gasteiger partial charge in [0, 0.05) is 19.0 Å². The predicted octanol–water partition coefficient (Wildman–Crippen LogP) is 0.567. The van der Waals surface area contributed by atoms with E-state index in [1.807, 2.05) is 19.9 Å². The van der Waals surface area contributed by atoms with Crippen LogP contribution in [0, 0.1) is 23.2 Å². The van der Waals surface area contributed by atoms with Crippen LogP contribution in [0.5, 0.6) is 0 Å². The minimum atomic E-state index is -0.638. The Balaban J connectivity index is 2.18. The molecule has 0 bridgehead atoms. The summed E-state index contributed by atoms with van der Waals surface area (Å²) in [6, 6.07) is 2.32. The van der Waals surface area contributed by atoms with Crippen LogP contribution in [0.3, 0.4) is 0 Å². The van der Waals surface area contributed by atoms with Gasteiger partial charge in [0.2, 0.25) is 11.8 Å². The zero-order valence-corrected chi connectivity index (χ0v) is 10.3. The van der Waals surface area contributed by atoms with Gasteiger partial charge >= 0.3 is 0 Å². The molecule has 1 rings (SSSR count). The Labute approximate surface area is 102 Å². The van der Waals surface area contributed by atoms with Gasteiger partial charge < -0.3 is 10.6 Å². The summed E-state index contributed by atoms with van der Waals surface area (Å²) in [4.78, 5) is 22.9. The van der Waals surface area contributed by atoms with Gasteiger partial charge in [-0.05, 0) is 18.8 Å². The first-order chi connectivity index (χ1) is 8.04. The van der Waals surface area contributed by atoms with Crippen LogP contribution in [0.15, 0.2) is 0 Å². The third-order valence-electron chi connectivity index (χ3n) is 2.68. The van der Waals surface area contributed by atoms with Crippen LogP contribution < -0.4 is 10.6 Å². The largest absolute Gasteiger partial charge is 0.354 e. The number of carbonyl (C=O) groups excluding carboxylic acids is 2. The highest BCUT2D eigenvalue weighted by Crippen LogP contribution is 2.18. The number of carbonyl (C=O) groups is 2. The van der Waals surface area contributed by atoms with Gasteiger partial charge in [0.1, 0.15) is 5.92 Å². The average Bonchev–Trinajstić information content (AvgIpc) is 3.02. The van der Waals surface area contributed by atoms with Crippen molar-refractivity contribution in [1.29, 1.82) is 5.26 Å². The molecule has 1 aliphatic rings. The summed E-state index contributed by atoms with van der Waals surface area (Å²) >= 11 is 0. The van der Waals surface area contributed by atoms with Crippen molar-refractivity contribution in [1.82, 2.24) is 10.6 Å². The van der Waals surface area contributed by atoms with Crippen molar-refractivity contribution in [3.8, 4) is 6.07 Å². The fourth-order valence-corrected chi connectivity index (χ4v) is 1.45. The molecule has 1 aliphatic carbocycles. The van der Waals surface area contributed by atoms with E-state index >= 15 is 0 Å². The second-order valence-corrected chi connectivity index (χ2v) is 4.73. The van der Waals surface area contributed by atoms with E-state index in [9.17, 15) is 9.59 Å². The normalized spacial score (nSPS) is 16.1. The molecular formula is C12H19N3O2. The van der Waals surface area contributed by atoms with E-state index in [1.54, 1.807) is 0 Å². The lowest BCUT2D eigenvalue weighted by Gasteiger charge is -2.12. The fourth-order valence-electron chi connectivity index (χ4n) is 1.45. The lowest BCUT2D eigenvalue weighted by molar-refractivity contribution is -0.124. The quantitative estimate of drug-likeness (QED) is 0.708. The Bertz CT molecular complexity index is 329. The molecule has 0 aromatic heterocycles. The van der Waals surface area contributed by atoms with E-state index in [0.29, 0.717) is 12.6 Å². The van der Waals surface area contributed by atoms with E-state index < -0.39 is 5.92 Å². The number of nitriles is 1. The fraction of sp³-hybridized carbons (Fsp3) is 0.750. The van der Waals surface area contributed by atoms with Crippen LogP contribution in [0.1, 0.15) is 33.1 Å². The maximum atomic E-state index is 11.6. The van der Waals surface area contributed by atoms with Gasteiger partial charge in [-0.2, -0.15) is 5.26 Å². The van der Waals surface area contributed by atoms with Crippen LogP contribution in [0.25, 0.3) is 0 Å². The summed E-state index contributed by atoms with van der Waals surface area (Å²) in [5, 5.41) is 14.3. The van der Waals surface area contributed by atoms with Gasteiger partial charge in [0.15, 0.2) is 0 Å². The monoisotopic (exact) mass is 237 g/mol. The second kappa shape index (κ2) is 6.24. The lowest BCUT2D eigenvalue weighted by atomic mass is 9.97. The summed E-state index contributed by atoms with van der Waals surface area (Å²) in [6.45, 7) is 3.95. The van der Waals surface area contributed by atoms with Crippen LogP contribution in [0.4, 0.5) is 0 Å². The van der Waals surface area contributed by atoms with E-state index in [4.69, 9.17) is 5.26 Å². The maximum absolute atomic E-state index is 11.6. The molecule has 0 heterocycles. The number of nitrogens with zero attached hydrogens (tertiary/aromatic N) is 1. The highest BCUT2D eigenvalue weighted by atomic mass is 16.2. The molecule has 1 saturated carbocycles. The summed E-state index contributed by atoms with van der Waals surface area (Å²) < 4.78 is 0. The number of hydrogen-bond acceptors (Lipinski definition) is 3. The summed E-state index contributed by atoms with van der Waals surface area (Å²) in [5.41, 5.74) is 0. The van der Waals surface area contributed by atoms with Crippen molar-refractivity contribution in [3.63, 3.8) is 0 Å². The van der Waals surface area contributed by atoms with Gasteiger partial charge in [-0.25, -0.2) is 0 Å². The molecule has 0 aromatic rings. The van der Waals surface area contributed by atoms with Crippen LogP contribution in [0.2, 0.25) is 0 Å². The molecule has 0 aliphatic heterocycles. The standard InChI is InChI=1S/C12H19N3O2/c1-8(2)10(7-13)12(17)14-6-5-11(16)15-9-3-4-9/h8-10H,3-6H2,1-2H3,(H,14,17)(H,15,16). The van der Waals surface area contributed by atoms with Crippen molar-refractivity contribution in [2.45, 2.75) is 39.2 Å². The summed E-state index contributed by atoms with van der Waals surface area (Å²) in [6.07, 6.45) is 2.39. The highest BCUT2D eigenvalue weighted by Gasteiger charge is 2.24. The van der Waals surface area contributed by atoms with Gasteiger partial charge in [-0.3, -0.25) is 9.59 Å². The molecule has 0 saturated heterocycles. The molecule has 5 nitrogen and oxygen atoms in total. The Morgan fingerprint density at radius 1 is 1.41 bits per heavy atom. The molecule has 1 unspecified atom stereocenters. The second-order valence-electron chi connectivity index (χ2n) is 4.73. The zero-order valence-electron chi connectivity index (χ0n) is 10.3. The SMILES string of the molecule is CC(C)C(C#N)C(=O)NCCC(=O)NC1CC1. The van der Waals surface area contributed by atoms with E-state index in [2.05, 4.69) is 10.6 Å². The molecule has 94 valence electrons. The van der Waals surface area contributed by atoms with Crippen molar-refractivity contribution < 1.29 is 9.59 Å². The van der Waals surface area contributed by atoms with Crippen molar-refractivity contribution in [3.05, 3.63) is 0 Å². The molecule has 0 aromatic carbocycles. The van der Waals surface area contributed by atoms with Crippen molar-refractivity contribution in [2.24, 2.45) is 11.8 Å². The molecule has 1 fully saturated rings. The van der Waals surface area contributed by atoms with Gasteiger partial charge in [0.05, 0.1) is 6.07 Å². The summed E-state index contributed by atoms with van der Waals surface area (Å²) in [7, 11) is 0. The van der Waals surface area contributed by atoms with Crippen LogP contribution >= 0.6 is 0 Å². The topological polar surface area (TPSA) is 82.0 Å². The van der Waals surface area contributed by atoms with Crippen molar-refractivity contribution in [2.75, 3.05) is 6.54 Å². The van der Waals surface area contributed by atoms with E-state index in [1.165, 1.54) is 0 Å². The third kappa shape index (κ3) is 4.85. The number of hydrogen-bond donors (Lipinski definition) is 2. The van der Waals surface area contributed by atoms with E-state index in [-0.39, 0.29) is 24.2 Å². The van der Waals surface area contributed by atoms with E-state index in [0.717, 1.165) is 12.8 Å². The first-order valence-corrected chi connectivity index (χ1v) is 6.01. The molecule has 5 heteroatoms. The molecule has 2 amide bonds. The first kappa shape index (κ1) is 13.5. The maximum Gasteiger partial charge on any atom is 0.237 e. The highest BCUT2D eigenvalue weighted by molar-refractivity contribution is 5.82. The Hall–Kier alpha value is -1.57. The predicted molar refractivity (Wildman–Crippen MR) is 62.7 cm³/mol. The van der Waals surface area contributed by atoms with Gasteiger partial charge in [0.25, 0.3) is 0 Å². The third-order valence-corrected chi connectivity index (χ3v) is 2.68. The molecular weight excluding hydrogens is 218 g/mol. The Morgan fingerprint density at radius 2 is 2.06 bits per heavy atom. The van der Waals surface area contributed by atoms with Crippen LogP contribution in [-0.4, -0.2) is 24.4 Å². The molecule has 0 radical (unpaired) electrons. The number of nitrogens with one attached hydrogen (secondary N) is 2. The zero-order chi connectivity index (χ0) is 12.8. The van der Waals surface area contributed by atoms with Crippen LogP contribution in [-0.2, 0) is 9.59 Å². The Morgan fingerprint density at radius 3 is 2.53 bits per heavy atom. The van der Waals surface area contributed by atoms with Crippen molar-refractivity contribution >= 4 is 11.8 Å². The molecule has 1 atom stereocenters. The first-order valence-electron chi connectivity index (χ1n) is 6.01. The smallest absolute Gasteiger partial charge is 0.237 e.